The van der Waals surface area contributed by atoms with Crippen LogP contribution >= 0.6 is 0 Å². The number of para-hydroxylation sites is 4. The van der Waals surface area contributed by atoms with Crippen molar-refractivity contribution >= 4 is 17.1 Å². The molecule has 0 unspecified atom stereocenters. The molecule has 4 rings (SSSR count). The predicted molar refractivity (Wildman–Crippen MR) is 109 cm³/mol. The number of aryl methyl sites for hydroxylation is 2. The van der Waals surface area contributed by atoms with Crippen molar-refractivity contribution in [2.75, 3.05) is 4.90 Å². The minimum absolute atomic E-state index is 0.134. The fourth-order valence-corrected chi connectivity index (χ4v) is 3.69. The molecule has 132 valence electrons. The van der Waals surface area contributed by atoms with Crippen molar-refractivity contribution in [3.05, 3.63) is 77.4 Å². The molecular formula is C24H25NO. The molecule has 3 aromatic carbocycles. The van der Waals surface area contributed by atoms with E-state index in [1.54, 1.807) is 0 Å². The number of rotatable bonds is 1. The first-order chi connectivity index (χ1) is 12.4. The highest BCUT2D eigenvalue weighted by molar-refractivity contribution is 5.88. The molecule has 0 spiro atoms. The van der Waals surface area contributed by atoms with Crippen LogP contribution in [0, 0.1) is 13.8 Å². The van der Waals surface area contributed by atoms with E-state index in [1.165, 1.54) is 22.4 Å². The SMILES string of the molecule is Cc1cc(C(C)(C)C)cc(C)c1N1c2ccccc2Oc2ccccc21. The summed E-state index contributed by atoms with van der Waals surface area (Å²) in [7, 11) is 0. The zero-order valence-corrected chi connectivity index (χ0v) is 16.1. The number of fused-ring (bicyclic) bond motifs is 2. The summed E-state index contributed by atoms with van der Waals surface area (Å²) >= 11 is 0. The van der Waals surface area contributed by atoms with Crippen LogP contribution in [0.4, 0.5) is 17.1 Å². The molecule has 1 aliphatic heterocycles. The fraction of sp³-hybridized carbons (Fsp3) is 0.250. The van der Waals surface area contributed by atoms with Crippen molar-refractivity contribution in [1.29, 1.82) is 0 Å². The highest BCUT2D eigenvalue weighted by atomic mass is 16.5. The highest BCUT2D eigenvalue weighted by Crippen LogP contribution is 2.51. The molecular weight excluding hydrogens is 318 g/mol. The van der Waals surface area contributed by atoms with Crippen LogP contribution in [0.25, 0.3) is 0 Å². The second-order valence-electron chi connectivity index (χ2n) is 8.08. The summed E-state index contributed by atoms with van der Waals surface area (Å²) in [5.74, 6) is 1.79. The molecule has 0 aromatic heterocycles. The van der Waals surface area contributed by atoms with Gasteiger partial charge in [0.05, 0.1) is 17.1 Å². The summed E-state index contributed by atoms with van der Waals surface area (Å²) < 4.78 is 6.15. The molecule has 0 radical (unpaired) electrons. The van der Waals surface area contributed by atoms with Gasteiger partial charge in [0.2, 0.25) is 0 Å². The van der Waals surface area contributed by atoms with Crippen molar-refractivity contribution < 1.29 is 4.74 Å². The molecule has 26 heavy (non-hydrogen) atoms. The van der Waals surface area contributed by atoms with Crippen LogP contribution in [0.1, 0.15) is 37.5 Å². The first-order valence-corrected chi connectivity index (χ1v) is 9.14. The molecule has 3 aromatic rings. The Kier molecular flexibility index (Phi) is 3.80. The molecule has 0 saturated heterocycles. The number of hydrogen-bond donors (Lipinski definition) is 0. The van der Waals surface area contributed by atoms with Crippen molar-refractivity contribution in [3.8, 4) is 11.5 Å². The molecule has 0 bridgehead atoms. The smallest absolute Gasteiger partial charge is 0.151 e. The zero-order valence-electron chi connectivity index (χ0n) is 16.1. The molecule has 1 heterocycles. The average Bonchev–Trinajstić information content (AvgIpc) is 2.59. The van der Waals surface area contributed by atoms with Gasteiger partial charge in [0, 0.05) is 0 Å². The third kappa shape index (κ3) is 2.66. The van der Waals surface area contributed by atoms with E-state index in [0.717, 1.165) is 22.9 Å². The summed E-state index contributed by atoms with van der Waals surface area (Å²) in [4.78, 5) is 2.34. The van der Waals surface area contributed by atoms with Crippen LogP contribution in [0.3, 0.4) is 0 Å². The molecule has 0 atom stereocenters. The second-order valence-corrected chi connectivity index (χ2v) is 8.08. The van der Waals surface area contributed by atoms with Crippen molar-refractivity contribution in [3.63, 3.8) is 0 Å². The topological polar surface area (TPSA) is 12.5 Å². The van der Waals surface area contributed by atoms with E-state index in [2.05, 4.69) is 75.9 Å². The lowest BCUT2D eigenvalue weighted by Crippen LogP contribution is -2.19. The maximum atomic E-state index is 6.15. The van der Waals surface area contributed by atoms with Gasteiger partial charge in [-0.05, 0) is 60.2 Å². The van der Waals surface area contributed by atoms with Crippen LogP contribution in [0.15, 0.2) is 60.7 Å². The Morgan fingerprint density at radius 1 is 0.731 bits per heavy atom. The number of ether oxygens (including phenoxy) is 1. The first kappa shape index (κ1) is 16.7. The number of hydrogen-bond acceptors (Lipinski definition) is 2. The lowest BCUT2D eigenvalue weighted by Gasteiger charge is -2.35. The van der Waals surface area contributed by atoms with Gasteiger partial charge in [-0.1, -0.05) is 57.2 Å². The van der Waals surface area contributed by atoms with Crippen molar-refractivity contribution in [2.45, 2.75) is 40.0 Å². The zero-order chi connectivity index (χ0) is 18.5. The number of anilines is 3. The van der Waals surface area contributed by atoms with Gasteiger partial charge in [-0.25, -0.2) is 0 Å². The summed E-state index contributed by atoms with van der Waals surface area (Å²) in [5, 5.41) is 0. The standard InChI is InChI=1S/C24H25NO/c1-16-14-18(24(3,4)5)15-17(2)23(16)25-19-10-6-8-12-21(19)26-22-13-9-7-11-20(22)25/h6-15H,1-5H3. The highest BCUT2D eigenvalue weighted by Gasteiger charge is 2.28. The van der Waals surface area contributed by atoms with Crippen LogP contribution in [0.2, 0.25) is 0 Å². The molecule has 0 fully saturated rings. The fourth-order valence-electron chi connectivity index (χ4n) is 3.69. The Labute approximate surface area is 156 Å². The Bertz CT molecular complexity index is 913. The number of nitrogens with zero attached hydrogens (tertiary/aromatic N) is 1. The summed E-state index contributed by atoms with van der Waals surface area (Å²) in [5.41, 5.74) is 7.46. The van der Waals surface area contributed by atoms with E-state index in [0.29, 0.717) is 0 Å². The van der Waals surface area contributed by atoms with Gasteiger partial charge in [0.15, 0.2) is 11.5 Å². The van der Waals surface area contributed by atoms with E-state index in [-0.39, 0.29) is 5.41 Å². The Hall–Kier alpha value is -2.74. The largest absolute Gasteiger partial charge is 0.453 e. The summed E-state index contributed by atoms with van der Waals surface area (Å²) in [6.07, 6.45) is 0. The lowest BCUT2D eigenvalue weighted by molar-refractivity contribution is 0.477. The monoisotopic (exact) mass is 343 g/mol. The van der Waals surface area contributed by atoms with Crippen molar-refractivity contribution in [2.24, 2.45) is 0 Å². The maximum Gasteiger partial charge on any atom is 0.151 e. The van der Waals surface area contributed by atoms with Gasteiger partial charge in [0.25, 0.3) is 0 Å². The molecule has 0 aliphatic carbocycles. The van der Waals surface area contributed by atoms with Gasteiger partial charge in [-0.15, -0.1) is 0 Å². The van der Waals surface area contributed by atoms with E-state index in [1.807, 2.05) is 24.3 Å². The van der Waals surface area contributed by atoms with Gasteiger partial charge >= 0.3 is 0 Å². The first-order valence-electron chi connectivity index (χ1n) is 9.14. The minimum Gasteiger partial charge on any atom is -0.453 e. The molecule has 0 N–H and O–H groups in total. The maximum absolute atomic E-state index is 6.15. The van der Waals surface area contributed by atoms with Crippen LogP contribution in [0.5, 0.6) is 11.5 Å². The van der Waals surface area contributed by atoms with Crippen LogP contribution < -0.4 is 9.64 Å². The predicted octanol–water partition coefficient (Wildman–Crippen LogP) is 7.18. The van der Waals surface area contributed by atoms with E-state index >= 15 is 0 Å². The van der Waals surface area contributed by atoms with Gasteiger partial charge in [0.1, 0.15) is 0 Å². The van der Waals surface area contributed by atoms with Crippen LogP contribution in [-0.2, 0) is 5.41 Å². The van der Waals surface area contributed by atoms with E-state index in [4.69, 9.17) is 4.74 Å². The average molecular weight is 343 g/mol. The third-order valence-corrected chi connectivity index (χ3v) is 5.01. The normalized spacial score (nSPS) is 13.0. The van der Waals surface area contributed by atoms with Gasteiger partial charge in [-0.3, -0.25) is 0 Å². The minimum atomic E-state index is 0.134. The Balaban J connectivity index is 1.97. The second kappa shape index (κ2) is 5.91. The van der Waals surface area contributed by atoms with Crippen molar-refractivity contribution in [1.82, 2.24) is 0 Å². The molecule has 2 nitrogen and oxygen atoms in total. The van der Waals surface area contributed by atoms with Gasteiger partial charge < -0.3 is 9.64 Å². The molecule has 1 aliphatic rings. The molecule has 0 amide bonds. The van der Waals surface area contributed by atoms with Gasteiger partial charge in [-0.2, -0.15) is 0 Å². The lowest BCUT2D eigenvalue weighted by atomic mass is 9.84. The van der Waals surface area contributed by atoms with E-state index in [9.17, 15) is 0 Å². The molecule has 0 saturated carbocycles. The Morgan fingerprint density at radius 2 is 1.19 bits per heavy atom. The third-order valence-electron chi connectivity index (χ3n) is 5.01. The number of benzene rings is 3. The Morgan fingerprint density at radius 3 is 1.65 bits per heavy atom. The summed E-state index contributed by atoms with van der Waals surface area (Å²) in [6, 6.07) is 21.1. The van der Waals surface area contributed by atoms with Crippen LogP contribution in [-0.4, -0.2) is 0 Å². The quantitative estimate of drug-likeness (QED) is 0.363. The van der Waals surface area contributed by atoms with E-state index < -0.39 is 0 Å². The molecule has 2 heteroatoms. The summed E-state index contributed by atoms with van der Waals surface area (Å²) in [6.45, 7) is 11.2.